The largest absolute Gasteiger partial charge is 0.503 e. The van der Waals surface area contributed by atoms with Gasteiger partial charge in [0.05, 0.1) is 16.8 Å². The van der Waals surface area contributed by atoms with Crippen molar-refractivity contribution in [3.8, 4) is 11.5 Å². The maximum absolute atomic E-state index is 13.0. The van der Waals surface area contributed by atoms with E-state index in [1.807, 2.05) is 42.2 Å². The lowest BCUT2D eigenvalue weighted by molar-refractivity contribution is -0.113. The number of fused-ring (bicyclic) bond motifs is 1. The molecular formula is C21H22BrNO3. The second-order valence-electron chi connectivity index (χ2n) is 6.67. The molecule has 3 rings (SSSR count). The molecule has 1 aliphatic rings. The molecule has 0 radical (unpaired) electrons. The van der Waals surface area contributed by atoms with Gasteiger partial charge < -0.3 is 14.7 Å². The monoisotopic (exact) mass is 415 g/mol. The Hall–Kier alpha value is -2.27. The average molecular weight is 416 g/mol. The Balaban J connectivity index is 2.08. The zero-order valence-electron chi connectivity index (χ0n) is 15.1. The molecule has 0 saturated heterocycles. The number of phenols is 1. The van der Waals surface area contributed by atoms with E-state index in [0.29, 0.717) is 34.9 Å². The van der Waals surface area contributed by atoms with E-state index in [-0.39, 0.29) is 11.7 Å². The normalized spacial score (nSPS) is 15.0. The Morgan fingerprint density at radius 2 is 2.00 bits per heavy atom. The first-order valence-electron chi connectivity index (χ1n) is 8.70. The quantitative estimate of drug-likeness (QED) is 0.691. The minimum absolute atomic E-state index is 0.00190. The molecule has 5 heteroatoms. The van der Waals surface area contributed by atoms with Crippen LogP contribution in [0.2, 0.25) is 0 Å². The number of amides is 1. The molecular weight excluding hydrogens is 394 g/mol. The van der Waals surface area contributed by atoms with Crippen LogP contribution in [0.15, 0.2) is 40.9 Å². The zero-order chi connectivity index (χ0) is 18.8. The highest BCUT2D eigenvalue weighted by Crippen LogP contribution is 2.40. The lowest BCUT2D eigenvalue weighted by atomic mass is 10.0. The van der Waals surface area contributed by atoms with Gasteiger partial charge >= 0.3 is 0 Å². The smallest absolute Gasteiger partial charge is 0.259 e. The van der Waals surface area contributed by atoms with Crippen molar-refractivity contribution in [2.24, 2.45) is 5.92 Å². The number of carbonyl (C=O) groups is 1. The van der Waals surface area contributed by atoms with E-state index in [1.165, 1.54) is 0 Å². The van der Waals surface area contributed by atoms with Crippen LogP contribution in [0.4, 0.5) is 5.69 Å². The summed E-state index contributed by atoms with van der Waals surface area (Å²) >= 11 is 3.35. The molecule has 0 aliphatic carbocycles. The molecule has 1 aliphatic heterocycles. The number of benzene rings is 2. The summed E-state index contributed by atoms with van der Waals surface area (Å²) in [6.45, 7) is 7.19. The lowest BCUT2D eigenvalue weighted by Crippen LogP contribution is -2.30. The number of aromatic hydroxyl groups is 1. The van der Waals surface area contributed by atoms with Crippen LogP contribution in [-0.4, -0.2) is 24.2 Å². The number of carbonyl (C=O) groups excluding carboxylic acids is 1. The average Bonchev–Trinajstić information content (AvgIpc) is 2.85. The summed E-state index contributed by atoms with van der Waals surface area (Å²) in [6, 6.07) is 11.4. The van der Waals surface area contributed by atoms with Gasteiger partial charge in [-0.1, -0.05) is 32.0 Å². The second-order valence-corrected chi connectivity index (χ2v) is 7.52. The van der Waals surface area contributed by atoms with Crippen LogP contribution >= 0.6 is 15.9 Å². The van der Waals surface area contributed by atoms with Crippen LogP contribution in [0, 0.1) is 5.92 Å². The van der Waals surface area contributed by atoms with E-state index in [9.17, 15) is 9.90 Å². The van der Waals surface area contributed by atoms with Crippen LogP contribution in [0.25, 0.3) is 11.6 Å². The zero-order valence-corrected chi connectivity index (χ0v) is 16.7. The van der Waals surface area contributed by atoms with Gasteiger partial charge in [0.2, 0.25) is 0 Å². The third-order valence-electron chi connectivity index (χ3n) is 4.17. The highest BCUT2D eigenvalue weighted by atomic mass is 79.9. The Kier molecular flexibility index (Phi) is 5.37. The summed E-state index contributed by atoms with van der Waals surface area (Å²) in [5.41, 5.74) is 3.32. The lowest BCUT2D eigenvalue weighted by Gasteiger charge is -2.19. The SMILES string of the molecule is CCOc1cc(/C=C2\C(=O)N(CC(C)C)c3ccccc32)cc(Br)c1O. The fourth-order valence-electron chi connectivity index (χ4n) is 3.10. The maximum Gasteiger partial charge on any atom is 0.259 e. The van der Waals surface area contributed by atoms with Crippen LogP contribution in [-0.2, 0) is 4.79 Å². The third kappa shape index (κ3) is 3.49. The first kappa shape index (κ1) is 18.5. The summed E-state index contributed by atoms with van der Waals surface area (Å²) < 4.78 is 6.02. The van der Waals surface area contributed by atoms with Crippen molar-refractivity contribution < 1.29 is 14.6 Å². The van der Waals surface area contributed by atoms with E-state index >= 15 is 0 Å². The molecule has 1 heterocycles. The highest BCUT2D eigenvalue weighted by Gasteiger charge is 2.32. The van der Waals surface area contributed by atoms with Gasteiger partial charge in [0.1, 0.15) is 0 Å². The Morgan fingerprint density at radius 1 is 1.27 bits per heavy atom. The van der Waals surface area contributed by atoms with Crippen LogP contribution in [0.1, 0.15) is 31.9 Å². The van der Waals surface area contributed by atoms with Gasteiger partial charge in [-0.15, -0.1) is 0 Å². The summed E-state index contributed by atoms with van der Waals surface area (Å²) in [5.74, 6) is 0.834. The van der Waals surface area contributed by atoms with E-state index in [1.54, 1.807) is 12.1 Å². The molecule has 2 aromatic carbocycles. The van der Waals surface area contributed by atoms with E-state index in [4.69, 9.17) is 4.74 Å². The minimum atomic E-state index is 0.00190. The molecule has 136 valence electrons. The predicted octanol–water partition coefficient (Wildman–Crippen LogP) is 5.10. The summed E-state index contributed by atoms with van der Waals surface area (Å²) in [7, 11) is 0. The predicted molar refractivity (Wildman–Crippen MR) is 108 cm³/mol. The van der Waals surface area contributed by atoms with Crippen LogP contribution < -0.4 is 9.64 Å². The molecule has 0 unspecified atom stereocenters. The summed E-state index contributed by atoms with van der Waals surface area (Å²) in [4.78, 5) is 14.9. The van der Waals surface area contributed by atoms with Crippen molar-refractivity contribution >= 4 is 39.2 Å². The molecule has 26 heavy (non-hydrogen) atoms. The number of nitrogens with zero attached hydrogens (tertiary/aromatic N) is 1. The molecule has 1 N–H and O–H groups in total. The van der Waals surface area contributed by atoms with Gasteiger partial charge in [-0.05, 0) is 58.6 Å². The molecule has 1 amide bonds. The van der Waals surface area contributed by atoms with Gasteiger partial charge in [0, 0.05) is 17.7 Å². The number of rotatable bonds is 5. The van der Waals surface area contributed by atoms with Crippen molar-refractivity contribution in [2.75, 3.05) is 18.1 Å². The molecule has 0 aromatic heterocycles. The number of ether oxygens (including phenoxy) is 1. The van der Waals surface area contributed by atoms with Crippen molar-refractivity contribution in [1.82, 2.24) is 0 Å². The Labute approximate surface area is 162 Å². The van der Waals surface area contributed by atoms with Gasteiger partial charge in [-0.25, -0.2) is 0 Å². The number of hydrogen-bond donors (Lipinski definition) is 1. The van der Waals surface area contributed by atoms with Gasteiger partial charge in [-0.2, -0.15) is 0 Å². The van der Waals surface area contributed by atoms with Gasteiger partial charge in [0.25, 0.3) is 5.91 Å². The molecule has 0 atom stereocenters. The number of hydrogen-bond acceptors (Lipinski definition) is 3. The van der Waals surface area contributed by atoms with E-state index in [0.717, 1.165) is 16.8 Å². The second kappa shape index (κ2) is 7.54. The number of para-hydroxylation sites is 1. The molecule has 4 nitrogen and oxygen atoms in total. The number of phenolic OH excluding ortho intramolecular Hbond substituents is 1. The van der Waals surface area contributed by atoms with E-state index in [2.05, 4.69) is 29.8 Å². The summed E-state index contributed by atoms with van der Waals surface area (Å²) in [5, 5.41) is 10.1. The molecule has 2 aromatic rings. The van der Waals surface area contributed by atoms with Gasteiger partial charge in [0.15, 0.2) is 11.5 Å². The fraction of sp³-hybridized carbons (Fsp3) is 0.286. The first-order chi connectivity index (χ1) is 12.4. The highest BCUT2D eigenvalue weighted by molar-refractivity contribution is 9.10. The van der Waals surface area contributed by atoms with Crippen molar-refractivity contribution in [2.45, 2.75) is 20.8 Å². The Morgan fingerprint density at radius 3 is 2.69 bits per heavy atom. The molecule has 0 bridgehead atoms. The Bertz CT molecular complexity index is 874. The van der Waals surface area contributed by atoms with Crippen LogP contribution in [0.5, 0.6) is 11.5 Å². The van der Waals surface area contributed by atoms with Crippen molar-refractivity contribution in [3.05, 3.63) is 52.0 Å². The topological polar surface area (TPSA) is 49.8 Å². The van der Waals surface area contributed by atoms with Crippen molar-refractivity contribution in [1.29, 1.82) is 0 Å². The number of halogens is 1. The standard InChI is InChI=1S/C21H22BrNO3/c1-4-26-19-11-14(10-17(22)20(19)24)9-16-15-7-5-6-8-18(15)23(21(16)25)12-13(2)3/h5-11,13,24H,4,12H2,1-3H3/b16-9-. The number of anilines is 1. The summed E-state index contributed by atoms with van der Waals surface area (Å²) in [6.07, 6.45) is 1.86. The van der Waals surface area contributed by atoms with E-state index < -0.39 is 0 Å². The van der Waals surface area contributed by atoms with Gasteiger partial charge in [-0.3, -0.25) is 4.79 Å². The minimum Gasteiger partial charge on any atom is -0.503 e. The van der Waals surface area contributed by atoms with Crippen molar-refractivity contribution in [3.63, 3.8) is 0 Å². The maximum atomic E-state index is 13.0. The van der Waals surface area contributed by atoms with Crippen LogP contribution in [0.3, 0.4) is 0 Å². The third-order valence-corrected chi connectivity index (χ3v) is 4.77. The first-order valence-corrected chi connectivity index (χ1v) is 9.50. The molecule has 0 spiro atoms. The fourth-order valence-corrected chi connectivity index (χ4v) is 3.56. The molecule has 0 saturated carbocycles. The molecule has 0 fully saturated rings.